The molecular weight excluding hydrogens is 415 g/mol. The maximum atomic E-state index is 5.21. The van der Waals surface area contributed by atoms with E-state index < -0.39 is 0 Å². The van der Waals surface area contributed by atoms with Crippen molar-refractivity contribution in [2.75, 3.05) is 47.4 Å². The fraction of sp³-hybridized carbons (Fsp3) is 0.611. The van der Waals surface area contributed by atoms with Crippen LogP contribution in [0.3, 0.4) is 0 Å². The Balaban J connectivity index is 0.00000288. The average Bonchev–Trinajstić information content (AvgIpc) is 2.97. The highest BCUT2D eigenvalue weighted by Crippen LogP contribution is 2.15. The molecule has 0 aliphatic carbocycles. The van der Waals surface area contributed by atoms with Crippen LogP contribution in [0.1, 0.15) is 18.9 Å². The van der Waals surface area contributed by atoms with Gasteiger partial charge in [-0.05, 0) is 50.6 Å². The number of hydrogen-bond donors (Lipinski definition) is 1. The van der Waals surface area contributed by atoms with E-state index in [2.05, 4.69) is 48.3 Å². The molecule has 6 heteroatoms. The number of hydrogen-bond acceptors (Lipinski definition) is 3. The van der Waals surface area contributed by atoms with E-state index >= 15 is 0 Å². The van der Waals surface area contributed by atoms with E-state index in [1.54, 1.807) is 7.11 Å². The van der Waals surface area contributed by atoms with E-state index in [1.165, 1.54) is 18.5 Å². The Morgan fingerprint density at radius 3 is 2.62 bits per heavy atom. The number of nitrogens with zero attached hydrogens (tertiary/aromatic N) is 3. The zero-order chi connectivity index (χ0) is 16.7. The molecule has 1 saturated heterocycles. The highest BCUT2D eigenvalue weighted by molar-refractivity contribution is 14.0. The van der Waals surface area contributed by atoms with Gasteiger partial charge in [-0.3, -0.25) is 4.99 Å². The van der Waals surface area contributed by atoms with Crippen molar-refractivity contribution in [2.45, 2.75) is 19.9 Å². The summed E-state index contributed by atoms with van der Waals surface area (Å²) < 4.78 is 5.21. The maximum Gasteiger partial charge on any atom is 0.193 e. The van der Waals surface area contributed by atoms with Gasteiger partial charge in [0.1, 0.15) is 5.75 Å². The number of nitrogens with one attached hydrogen (secondary N) is 1. The summed E-state index contributed by atoms with van der Waals surface area (Å²) in [7, 11) is 5.97. The lowest BCUT2D eigenvalue weighted by atomic mass is 10.1. The topological polar surface area (TPSA) is 40.1 Å². The molecule has 0 amide bonds. The summed E-state index contributed by atoms with van der Waals surface area (Å²) in [6, 6.07) is 8.21. The minimum absolute atomic E-state index is 0. The predicted molar refractivity (Wildman–Crippen MR) is 111 cm³/mol. The predicted octanol–water partition coefficient (Wildman–Crippen LogP) is 2.66. The van der Waals surface area contributed by atoms with Gasteiger partial charge in [0, 0.05) is 33.2 Å². The lowest BCUT2D eigenvalue weighted by Crippen LogP contribution is -2.38. The first-order chi connectivity index (χ1) is 11.1. The molecule has 2 rings (SSSR count). The van der Waals surface area contributed by atoms with Gasteiger partial charge in [0.15, 0.2) is 5.96 Å². The molecule has 0 spiro atoms. The lowest BCUT2D eigenvalue weighted by Gasteiger charge is -2.23. The SMILES string of the molecule is CCNC(=NCC1CCN(C)C1)N(C)Cc1ccc(OC)cc1.I. The van der Waals surface area contributed by atoms with Crippen molar-refractivity contribution >= 4 is 29.9 Å². The molecular formula is C18H31IN4O. The third-order valence-electron chi connectivity index (χ3n) is 4.26. The van der Waals surface area contributed by atoms with Gasteiger partial charge in [0.25, 0.3) is 0 Å². The smallest absolute Gasteiger partial charge is 0.193 e. The fourth-order valence-electron chi connectivity index (χ4n) is 2.94. The second kappa shape index (κ2) is 10.8. The van der Waals surface area contributed by atoms with Crippen LogP contribution in [-0.2, 0) is 6.54 Å². The molecule has 0 saturated carbocycles. The van der Waals surface area contributed by atoms with Crippen molar-refractivity contribution in [3.8, 4) is 5.75 Å². The fourth-order valence-corrected chi connectivity index (χ4v) is 2.94. The normalized spacial score (nSPS) is 18.2. The monoisotopic (exact) mass is 446 g/mol. The van der Waals surface area contributed by atoms with Gasteiger partial charge >= 0.3 is 0 Å². The first-order valence-corrected chi connectivity index (χ1v) is 8.43. The largest absolute Gasteiger partial charge is 0.497 e. The quantitative estimate of drug-likeness (QED) is 0.415. The van der Waals surface area contributed by atoms with E-state index in [-0.39, 0.29) is 24.0 Å². The Bertz CT molecular complexity index is 506. The first-order valence-electron chi connectivity index (χ1n) is 8.43. The van der Waals surface area contributed by atoms with Crippen molar-refractivity contribution in [3.63, 3.8) is 0 Å². The summed E-state index contributed by atoms with van der Waals surface area (Å²) in [6.45, 7) is 7.08. The van der Waals surface area contributed by atoms with Crippen LogP contribution in [0.25, 0.3) is 0 Å². The van der Waals surface area contributed by atoms with E-state index in [0.717, 1.165) is 37.9 Å². The third-order valence-corrected chi connectivity index (χ3v) is 4.26. The molecule has 1 N–H and O–H groups in total. The summed E-state index contributed by atoms with van der Waals surface area (Å²) in [4.78, 5) is 9.41. The van der Waals surface area contributed by atoms with Crippen molar-refractivity contribution < 1.29 is 4.74 Å². The van der Waals surface area contributed by atoms with Crippen molar-refractivity contribution in [1.82, 2.24) is 15.1 Å². The van der Waals surface area contributed by atoms with Gasteiger partial charge in [0.2, 0.25) is 0 Å². The van der Waals surface area contributed by atoms with E-state index in [4.69, 9.17) is 9.73 Å². The van der Waals surface area contributed by atoms with Crippen LogP contribution in [0.4, 0.5) is 0 Å². The Hall–Kier alpha value is -1.02. The van der Waals surface area contributed by atoms with Crippen molar-refractivity contribution in [1.29, 1.82) is 0 Å². The Morgan fingerprint density at radius 2 is 2.08 bits per heavy atom. The minimum atomic E-state index is 0. The Morgan fingerprint density at radius 1 is 1.38 bits per heavy atom. The van der Waals surface area contributed by atoms with Crippen LogP contribution in [0.5, 0.6) is 5.75 Å². The molecule has 1 aromatic rings. The molecule has 1 fully saturated rings. The third kappa shape index (κ3) is 6.47. The molecule has 1 atom stereocenters. The molecule has 136 valence electrons. The van der Waals surface area contributed by atoms with E-state index in [0.29, 0.717) is 5.92 Å². The van der Waals surface area contributed by atoms with E-state index in [1.807, 2.05) is 12.1 Å². The van der Waals surface area contributed by atoms with Crippen LogP contribution in [0, 0.1) is 5.92 Å². The molecule has 0 radical (unpaired) electrons. The summed E-state index contributed by atoms with van der Waals surface area (Å²) >= 11 is 0. The van der Waals surface area contributed by atoms with Crippen LogP contribution in [0.15, 0.2) is 29.3 Å². The zero-order valence-electron chi connectivity index (χ0n) is 15.3. The number of likely N-dealkylation sites (tertiary alicyclic amines) is 1. The Labute approximate surface area is 163 Å². The number of rotatable bonds is 6. The summed E-state index contributed by atoms with van der Waals surface area (Å²) in [5.41, 5.74) is 1.25. The average molecular weight is 446 g/mol. The molecule has 24 heavy (non-hydrogen) atoms. The van der Waals surface area contributed by atoms with E-state index in [9.17, 15) is 0 Å². The lowest BCUT2D eigenvalue weighted by molar-refractivity contribution is 0.396. The number of aliphatic imine (C=N–C) groups is 1. The van der Waals surface area contributed by atoms with Crippen molar-refractivity contribution in [2.24, 2.45) is 10.9 Å². The molecule has 1 unspecified atom stereocenters. The number of guanidine groups is 1. The van der Waals surface area contributed by atoms with Crippen LogP contribution >= 0.6 is 24.0 Å². The number of ether oxygens (including phenoxy) is 1. The van der Waals surface area contributed by atoms with Crippen LogP contribution < -0.4 is 10.1 Å². The number of methoxy groups -OCH3 is 1. The van der Waals surface area contributed by atoms with Gasteiger partial charge < -0.3 is 19.9 Å². The molecule has 1 aliphatic rings. The van der Waals surface area contributed by atoms with Gasteiger partial charge in [0.05, 0.1) is 7.11 Å². The first kappa shape index (κ1) is 21.0. The van der Waals surface area contributed by atoms with Crippen LogP contribution in [-0.4, -0.2) is 63.1 Å². The summed E-state index contributed by atoms with van der Waals surface area (Å²) in [5.74, 6) is 2.56. The standard InChI is InChI=1S/C18H30N4O.HI/c1-5-19-18(20-12-16-10-11-21(2)13-16)22(3)14-15-6-8-17(23-4)9-7-15;/h6-9,16H,5,10-14H2,1-4H3,(H,19,20);1H. The van der Waals surface area contributed by atoms with Gasteiger partial charge in [-0.15, -0.1) is 24.0 Å². The number of benzene rings is 1. The molecule has 0 bridgehead atoms. The molecule has 5 nitrogen and oxygen atoms in total. The second-order valence-electron chi connectivity index (χ2n) is 6.32. The summed E-state index contributed by atoms with van der Waals surface area (Å²) in [6.07, 6.45) is 1.25. The molecule has 1 heterocycles. The van der Waals surface area contributed by atoms with Gasteiger partial charge in [-0.1, -0.05) is 12.1 Å². The highest BCUT2D eigenvalue weighted by Gasteiger charge is 2.19. The molecule has 1 aliphatic heterocycles. The van der Waals surface area contributed by atoms with Crippen molar-refractivity contribution in [3.05, 3.63) is 29.8 Å². The molecule has 0 aromatic heterocycles. The minimum Gasteiger partial charge on any atom is -0.497 e. The van der Waals surface area contributed by atoms with Gasteiger partial charge in [-0.25, -0.2) is 0 Å². The Kier molecular flexibility index (Phi) is 9.43. The van der Waals surface area contributed by atoms with Crippen LogP contribution in [0.2, 0.25) is 0 Å². The van der Waals surface area contributed by atoms with Gasteiger partial charge in [-0.2, -0.15) is 0 Å². The maximum absolute atomic E-state index is 5.21. The second-order valence-corrected chi connectivity index (χ2v) is 6.32. The molecule has 1 aromatic carbocycles. The highest BCUT2D eigenvalue weighted by atomic mass is 127. The number of halogens is 1. The summed E-state index contributed by atoms with van der Waals surface area (Å²) in [5, 5.41) is 3.40. The zero-order valence-corrected chi connectivity index (χ0v) is 17.6.